The summed E-state index contributed by atoms with van der Waals surface area (Å²) in [6.45, 7) is 1.63. The molecule has 2 heterocycles. The predicted octanol–water partition coefficient (Wildman–Crippen LogP) is 6.53. The van der Waals surface area contributed by atoms with E-state index in [1.807, 2.05) is 12.3 Å². The van der Waals surface area contributed by atoms with Crippen LogP contribution in [-0.2, 0) is 0 Å². The van der Waals surface area contributed by atoms with Gasteiger partial charge >= 0.3 is 0 Å². The van der Waals surface area contributed by atoms with Crippen LogP contribution in [0, 0.1) is 5.92 Å². The molecular weight excluding hydrogens is 354 g/mol. The fraction of sp³-hybridized carbons (Fsp3) is 0.591. The fourth-order valence-electron chi connectivity index (χ4n) is 4.50. The van der Waals surface area contributed by atoms with E-state index in [1.165, 1.54) is 69.1 Å². The third kappa shape index (κ3) is 4.23. The van der Waals surface area contributed by atoms with Crippen LogP contribution >= 0.6 is 11.3 Å². The second kappa shape index (κ2) is 8.51. The number of anilines is 1. The van der Waals surface area contributed by atoms with Gasteiger partial charge in [0.15, 0.2) is 5.78 Å². The van der Waals surface area contributed by atoms with Crippen LogP contribution in [0.5, 0.6) is 0 Å². The highest BCUT2D eigenvalue weighted by molar-refractivity contribution is 7.21. The predicted molar refractivity (Wildman–Crippen MR) is 115 cm³/mol. The highest BCUT2D eigenvalue weighted by Crippen LogP contribution is 2.42. The summed E-state index contributed by atoms with van der Waals surface area (Å²) in [5, 5.41) is 4.73. The van der Waals surface area contributed by atoms with E-state index in [2.05, 4.69) is 16.5 Å². The molecule has 0 unspecified atom stereocenters. The Morgan fingerprint density at radius 2 is 1.96 bits per heavy atom. The number of nitrogens with zero attached hydrogens (tertiary/aromatic N) is 2. The lowest BCUT2D eigenvalue weighted by Crippen LogP contribution is -2.14. The molecule has 2 aromatic heterocycles. The minimum absolute atomic E-state index is 0.0784. The molecule has 2 saturated carbocycles. The van der Waals surface area contributed by atoms with Gasteiger partial charge in [0.2, 0.25) is 0 Å². The number of thiophene rings is 1. The maximum Gasteiger partial charge on any atom is 0.172 e. The van der Waals surface area contributed by atoms with Crippen molar-refractivity contribution in [3.8, 4) is 0 Å². The van der Waals surface area contributed by atoms with E-state index in [-0.39, 0.29) is 5.78 Å². The van der Waals surface area contributed by atoms with E-state index in [0.717, 1.165) is 38.8 Å². The summed E-state index contributed by atoms with van der Waals surface area (Å²) in [4.78, 5) is 23.2. The molecule has 0 aromatic carbocycles. The first-order valence-electron chi connectivity index (χ1n) is 10.4. The molecule has 0 bridgehead atoms. The number of hydrogen-bond donors (Lipinski definition) is 1. The van der Waals surface area contributed by atoms with E-state index in [4.69, 9.17) is 4.99 Å². The normalized spacial score (nSPS) is 19.3. The summed E-state index contributed by atoms with van der Waals surface area (Å²) >= 11 is 1.48. The number of fused-ring (bicyclic) bond motifs is 1. The van der Waals surface area contributed by atoms with Gasteiger partial charge in [-0.1, -0.05) is 44.9 Å². The first kappa shape index (κ1) is 18.6. The van der Waals surface area contributed by atoms with Crippen molar-refractivity contribution in [3.63, 3.8) is 0 Å². The molecule has 4 nitrogen and oxygen atoms in total. The standard InChI is InChI=1S/C22H29N3OS/c1-15(26)21-20(23-13-11-16-7-3-2-4-8-16)19-18(12-14-24-22(19)27-21)25-17-9-5-6-10-17/h12-14,16-17H,2-11H2,1H3,(H,24,25)/b23-13-. The van der Waals surface area contributed by atoms with E-state index in [0.29, 0.717) is 6.04 Å². The molecule has 0 amide bonds. The maximum absolute atomic E-state index is 12.2. The molecule has 2 aliphatic carbocycles. The Labute approximate surface area is 165 Å². The highest BCUT2D eigenvalue weighted by atomic mass is 32.1. The Morgan fingerprint density at radius 3 is 2.70 bits per heavy atom. The summed E-state index contributed by atoms with van der Waals surface area (Å²) < 4.78 is 0. The van der Waals surface area contributed by atoms with Crippen molar-refractivity contribution in [1.29, 1.82) is 0 Å². The van der Waals surface area contributed by atoms with Crippen LogP contribution in [0.1, 0.15) is 80.8 Å². The summed E-state index contributed by atoms with van der Waals surface area (Å²) in [6.07, 6.45) is 16.6. The van der Waals surface area contributed by atoms with Crippen LogP contribution < -0.4 is 5.32 Å². The third-order valence-electron chi connectivity index (χ3n) is 5.99. The van der Waals surface area contributed by atoms with E-state index < -0.39 is 0 Å². The zero-order chi connectivity index (χ0) is 18.6. The molecule has 0 radical (unpaired) electrons. The largest absolute Gasteiger partial charge is 0.382 e. The second-order valence-corrected chi connectivity index (χ2v) is 9.05. The molecule has 2 aromatic rings. The topological polar surface area (TPSA) is 54.4 Å². The molecule has 0 aliphatic heterocycles. The van der Waals surface area contributed by atoms with Gasteiger partial charge in [0.1, 0.15) is 4.83 Å². The molecule has 144 valence electrons. The van der Waals surface area contributed by atoms with Crippen molar-refractivity contribution in [3.05, 3.63) is 17.1 Å². The van der Waals surface area contributed by atoms with Gasteiger partial charge < -0.3 is 5.32 Å². The number of aliphatic imine (C=N–C) groups is 1. The third-order valence-corrected chi connectivity index (χ3v) is 7.17. The van der Waals surface area contributed by atoms with E-state index in [1.54, 1.807) is 6.92 Å². The van der Waals surface area contributed by atoms with Crippen molar-refractivity contribution in [2.45, 2.75) is 77.2 Å². The monoisotopic (exact) mass is 383 g/mol. The number of ketones is 1. The van der Waals surface area contributed by atoms with Crippen molar-refractivity contribution in [1.82, 2.24) is 4.98 Å². The van der Waals surface area contributed by atoms with Gasteiger partial charge in [0.25, 0.3) is 0 Å². The lowest BCUT2D eigenvalue weighted by molar-refractivity contribution is 0.102. The molecular formula is C22H29N3OS. The van der Waals surface area contributed by atoms with Gasteiger partial charge in [-0.05, 0) is 31.2 Å². The minimum atomic E-state index is 0.0784. The summed E-state index contributed by atoms with van der Waals surface area (Å²) in [5.41, 5.74) is 1.91. The zero-order valence-electron chi connectivity index (χ0n) is 16.2. The summed E-state index contributed by atoms with van der Waals surface area (Å²) in [7, 11) is 0. The highest BCUT2D eigenvalue weighted by Gasteiger charge is 2.21. The van der Waals surface area contributed by atoms with Crippen molar-refractivity contribution >= 4 is 44.9 Å². The quantitative estimate of drug-likeness (QED) is 0.456. The molecule has 0 spiro atoms. The van der Waals surface area contributed by atoms with Crippen LogP contribution in [0.25, 0.3) is 10.2 Å². The average Bonchev–Trinajstić information content (AvgIpc) is 3.31. The molecule has 5 heteroatoms. The zero-order valence-corrected chi connectivity index (χ0v) is 17.0. The Morgan fingerprint density at radius 1 is 1.22 bits per heavy atom. The lowest BCUT2D eigenvalue weighted by Gasteiger charge is -2.19. The Hall–Kier alpha value is -1.75. The van der Waals surface area contributed by atoms with Crippen LogP contribution in [0.15, 0.2) is 17.3 Å². The van der Waals surface area contributed by atoms with Crippen molar-refractivity contribution < 1.29 is 4.79 Å². The van der Waals surface area contributed by atoms with Crippen LogP contribution in [0.3, 0.4) is 0 Å². The average molecular weight is 384 g/mol. The molecule has 1 N–H and O–H groups in total. The number of hydrogen-bond acceptors (Lipinski definition) is 5. The maximum atomic E-state index is 12.2. The van der Waals surface area contributed by atoms with Gasteiger partial charge in [0, 0.05) is 31.1 Å². The van der Waals surface area contributed by atoms with E-state index >= 15 is 0 Å². The Bertz CT molecular complexity index is 829. The lowest BCUT2D eigenvalue weighted by atomic mass is 9.87. The van der Waals surface area contributed by atoms with E-state index in [9.17, 15) is 4.79 Å². The number of Topliss-reactive ketones (excluding diaryl/α,β-unsaturated/α-hetero) is 1. The number of nitrogens with one attached hydrogen (secondary N) is 1. The van der Waals surface area contributed by atoms with Gasteiger partial charge in [-0.2, -0.15) is 0 Å². The number of pyridine rings is 1. The van der Waals surface area contributed by atoms with Gasteiger partial charge in [-0.15, -0.1) is 11.3 Å². The van der Waals surface area contributed by atoms with Gasteiger partial charge in [0.05, 0.1) is 16.0 Å². The summed E-state index contributed by atoms with van der Waals surface area (Å²) in [6, 6.07) is 2.56. The first-order valence-corrected chi connectivity index (χ1v) is 11.3. The molecule has 0 saturated heterocycles. The van der Waals surface area contributed by atoms with Crippen LogP contribution in [-0.4, -0.2) is 23.0 Å². The minimum Gasteiger partial charge on any atom is -0.382 e. The number of rotatable bonds is 6. The molecule has 2 aliphatic rings. The van der Waals surface area contributed by atoms with Gasteiger partial charge in [-0.3, -0.25) is 9.79 Å². The SMILES string of the molecule is CC(=O)c1sc2nccc(NC3CCCC3)c2c1/N=C\CC1CCCCC1. The number of carbonyl (C=O) groups is 1. The number of carbonyl (C=O) groups excluding carboxylic acids is 1. The van der Waals surface area contributed by atoms with Crippen LogP contribution in [0.4, 0.5) is 11.4 Å². The smallest absolute Gasteiger partial charge is 0.172 e. The molecule has 27 heavy (non-hydrogen) atoms. The first-order chi connectivity index (χ1) is 13.2. The van der Waals surface area contributed by atoms with Crippen molar-refractivity contribution in [2.24, 2.45) is 10.9 Å². The van der Waals surface area contributed by atoms with Crippen LogP contribution in [0.2, 0.25) is 0 Å². The molecule has 2 fully saturated rings. The van der Waals surface area contributed by atoms with Gasteiger partial charge in [-0.25, -0.2) is 4.98 Å². The summed E-state index contributed by atoms with van der Waals surface area (Å²) in [5.74, 6) is 0.831. The Kier molecular flexibility index (Phi) is 5.86. The number of aromatic nitrogens is 1. The fourth-order valence-corrected chi connectivity index (χ4v) is 5.51. The molecule has 4 rings (SSSR count). The Balaban J connectivity index is 1.65. The second-order valence-electron chi connectivity index (χ2n) is 8.05. The van der Waals surface area contributed by atoms with Crippen molar-refractivity contribution in [2.75, 3.05) is 5.32 Å². The molecule has 0 atom stereocenters.